The molecule has 2 fully saturated rings. The monoisotopic (exact) mass is 434 g/mol. The largest absolute Gasteiger partial charge is 0.444 e. The van der Waals surface area contributed by atoms with Gasteiger partial charge in [0.05, 0.1) is 18.4 Å². The number of carbonyl (C=O) groups excluding carboxylic acids is 1. The zero-order valence-electron chi connectivity index (χ0n) is 16.0. The van der Waals surface area contributed by atoms with E-state index in [2.05, 4.69) is 10.4 Å². The number of anilines is 1. The molecule has 11 heteroatoms. The number of alkyl carbamates (subject to hydrolysis) is 1. The molecule has 1 aromatic heterocycles. The fraction of sp³-hybridized carbons (Fsp3) is 0.722. The fourth-order valence-corrected chi connectivity index (χ4v) is 3.90. The lowest BCUT2D eigenvalue weighted by Crippen LogP contribution is -2.42. The summed E-state index contributed by atoms with van der Waals surface area (Å²) >= 11 is 6.20. The number of aryl methyl sites for hydroxylation is 1. The highest BCUT2D eigenvalue weighted by atomic mass is 35.5. The Kier molecular flexibility index (Phi) is 6.94. The Morgan fingerprint density at radius 1 is 1.38 bits per heavy atom. The maximum atomic E-state index is 13.2. The van der Waals surface area contributed by atoms with Crippen LogP contribution in [0.4, 0.5) is 19.3 Å². The number of carbonyl (C=O) groups is 1. The molecule has 162 valence electrons. The molecule has 0 bridgehead atoms. The number of aliphatic hydroxyl groups excluding tert-OH is 1. The summed E-state index contributed by atoms with van der Waals surface area (Å²) in [5.41, 5.74) is 0.0340. The summed E-state index contributed by atoms with van der Waals surface area (Å²) in [4.78, 5) is 26.2. The Hall–Kier alpha value is -1.94. The summed E-state index contributed by atoms with van der Waals surface area (Å²) in [6, 6.07) is -0.301. The zero-order valence-corrected chi connectivity index (χ0v) is 16.7. The second-order valence-corrected chi connectivity index (χ2v) is 7.86. The van der Waals surface area contributed by atoms with Gasteiger partial charge in [0.2, 0.25) is 5.92 Å². The van der Waals surface area contributed by atoms with Crippen molar-refractivity contribution in [1.82, 2.24) is 15.1 Å². The van der Waals surface area contributed by atoms with Crippen LogP contribution in [0.2, 0.25) is 5.02 Å². The molecule has 0 radical (unpaired) electrons. The van der Waals surface area contributed by atoms with Gasteiger partial charge >= 0.3 is 6.09 Å². The smallest absolute Gasteiger partial charge is 0.407 e. The van der Waals surface area contributed by atoms with Gasteiger partial charge < -0.3 is 20.1 Å². The molecule has 1 aliphatic heterocycles. The van der Waals surface area contributed by atoms with Crippen LogP contribution in [0.15, 0.2) is 11.0 Å². The quantitative estimate of drug-likeness (QED) is 0.712. The molecule has 1 aromatic rings. The predicted octanol–water partition coefficient (Wildman–Crippen LogP) is 2.16. The fourth-order valence-electron chi connectivity index (χ4n) is 3.64. The number of ether oxygens (including phenoxy) is 1. The van der Waals surface area contributed by atoms with E-state index in [1.165, 1.54) is 10.9 Å². The summed E-state index contributed by atoms with van der Waals surface area (Å²) in [6.45, 7) is 1.12. The SMILES string of the molecule is O=C(NC1CCC(F)(F)CC1)O[C@@H]1CCN(c2cnn(CCCO)c(=O)c2Cl)C1. The maximum Gasteiger partial charge on any atom is 0.407 e. The van der Waals surface area contributed by atoms with E-state index < -0.39 is 23.7 Å². The van der Waals surface area contributed by atoms with E-state index in [1.807, 2.05) is 4.90 Å². The third kappa shape index (κ3) is 5.57. The Morgan fingerprint density at radius 2 is 2.10 bits per heavy atom. The molecule has 1 aliphatic carbocycles. The second kappa shape index (κ2) is 9.25. The predicted molar refractivity (Wildman–Crippen MR) is 103 cm³/mol. The minimum absolute atomic E-state index is 0.0335. The number of alkyl halides is 2. The van der Waals surface area contributed by atoms with Crippen LogP contribution in [0.1, 0.15) is 38.5 Å². The number of rotatable bonds is 6. The average Bonchev–Trinajstić information content (AvgIpc) is 3.12. The molecular formula is C18H25ClF2N4O4. The Labute approximate surface area is 171 Å². The third-order valence-electron chi connectivity index (χ3n) is 5.29. The van der Waals surface area contributed by atoms with Gasteiger partial charge in [-0.1, -0.05) is 11.6 Å². The number of aliphatic hydroxyl groups is 1. The molecule has 1 saturated carbocycles. The van der Waals surface area contributed by atoms with Crippen LogP contribution in [0.3, 0.4) is 0 Å². The van der Waals surface area contributed by atoms with Crippen molar-refractivity contribution in [2.45, 2.75) is 63.1 Å². The van der Waals surface area contributed by atoms with Crippen LogP contribution >= 0.6 is 11.6 Å². The van der Waals surface area contributed by atoms with Gasteiger partial charge in [-0.3, -0.25) is 4.79 Å². The van der Waals surface area contributed by atoms with Crippen LogP contribution in [-0.2, 0) is 11.3 Å². The summed E-state index contributed by atoms with van der Waals surface area (Å²) < 4.78 is 33.0. The van der Waals surface area contributed by atoms with E-state index in [-0.39, 0.29) is 49.9 Å². The van der Waals surface area contributed by atoms with Crippen molar-refractivity contribution in [3.8, 4) is 0 Å². The highest BCUT2D eigenvalue weighted by Gasteiger charge is 2.36. The molecule has 0 spiro atoms. The average molecular weight is 435 g/mol. The Morgan fingerprint density at radius 3 is 2.79 bits per heavy atom. The number of amides is 1. The van der Waals surface area contributed by atoms with Crippen LogP contribution in [-0.4, -0.2) is 58.7 Å². The van der Waals surface area contributed by atoms with E-state index in [1.54, 1.807) is 0 Å². The first-order valence-corrected chi connectivity index (χ1v) is 10.1. The topological polar surface area (TPSA) is 96.7 Å². The van der Waals surface area contributed by atoms with E-state index in [0.29, 0.717) is 31.6 Å². The lowest BCUT2D eigenvalue weighted by molar-refractivity contribution is -0.0406. The number of hydrogen-bond acceptors (Lipinski definition) is 6. The molecule has 2 N–H and O–H groups in total. The number of hydrogen-bond donors (Lipinski definition) is 2. The maximum absolute atomic E-state index is 13.2. The summed E-state index contributed by atoms with van der Waals surface area (Å²) in [7, 11) is 0. The molecule has 1 atom stereocenters. The van der Waals surface area contributed by atoms with E-state index in [9.17, 15) is 18.4 Å². The van der Waals surface area contributed by atoms with E-state index >= 15 is 0 Å². The van der Waals surface area contributed by atoms with Crippen LogP contribution in [0, 0.1) is 0 Å². The second-order valence-electron chi connectivity index (χ2n) is 7.49. The van der Waals surface area contributed by atoms with Gasteiger partial charge in [0, 0.05) is 45.0 Å². The molecule has 1 saturated heterocycles. The Bertz CT molecular complexity index is 782. The summed E-state index contributed by atoms with van der Waals surface area (Å²) in [5.74, 6) is -2.65. The van der Waals surface area contributed by atoms with E-state index in [0.717, 1.165) is 0 Å². The lowest BCUT2D eigenvalue weighted by Gasteiger charge is -2.28. The Balaban J connectivity index is 1.52. The first-order chi connectivity index (χ1) is 13.8. The zero-order chi connectivity index (χ0) is 21.0. The van der Waals surface area contributed by atoms with Gasteiger partial charge in [-0.05, 0) is 19.3 Å². The molecule has 1 amide bonds. The highest BCUT2D eigenvalue weighted by molar-refractivity contribution is 6.33. The molecule has 2 aliphatic rings. The van der Waals surface area contributed by atoms with Gasteiger partial charge in [0.25, 0.3) is 5.56 Å². The minimum Gasteiger partial charge on any atom is -0.444 e. The minimum atomic E-state index is -2.65. The molecule has 0 unspecified atom stereocenters. The molecule has 2 heterocycles. The van der Waals surface area contributed by atoms with Crippen molar-refractivity contribution in [2.24, 2.45) is 0 Å². The summed E-state index contributed by atoms with van der Waals surface area (Å²) in [5, 5.41) is 15.7. The van der Waals surface area contributed by atoms with Crippen molar-refractivity contribution in [2.75, 3.05) is 24.6 Å². The van der Waals surface area contributed by atoms with Gasteiger partial charge in [-0.15, -0.1) is 0 Å². The number of aromatic nitrogens is 2. The van der Waals surface area contributed by atoms with Gasteiger partial charge in [0.1, 0.15) is 11.1 Å². The van der Waals surface area contributed by atoms with Crippen molar-refractivity contribution < 1.29 is 23.4 Å². The first kappa shape index (κ1) is 21.8. The van der Waals surface area contributed by atoms with Crippen molar-refractivity contribution in [3.63, 3.8) is 0 Å². The van der Waals surface area contributed by atoms with Crippen LogP contribution < -0.4 is 15.8 Å². The van der Waals surface area contributed by atoms with Gasteiger partial charge in [-0.25, -0.2) is 18.3 Å². The van der Waals surface area contributed by atoms with Gasteiger partial charge in [0.15, 0.2) is 0 Å². The van der Waals surface area contributed by atoms with Crippen molar-refractivity contribution >= 4 is 23.4 Å². The molecule has 3 rings (SSSR count). The first-order valence-electron chi connectivity index (χ1n) is 9.75. The molecular weight excluding hydrogens is 410 g/mol. The van der Waals surface area contributed by atoms with Gasteiger partial charge in [-0.2, -0.15) is 5.10 Å². The number of nitrogens with one attached hydrogen (secondary N) is 1. The number of halogens is 3. The van der Waals surface area contributed by atoms with E-state index in [4.69, 9.17) is 21.4 Å². The highest BCUT2D eigenvalue weighted by Crippen LogP contribution is 2.33. The molecule has 29 heavy (non-hydrogen) atoms. The molecule has 8 nitrogen and oxygen atoms in total. The van der Waals surface area contributed by atoms with Crippen LogP contribution in [0.5, 0.6) is 0 Å². The van der Waals surface area contributed by atoms with Crippen LogP contribution in [0.25, 0.3) is 0 Å². The van der Waals surface area contributed by atoms with Crippen molar-refractivity contribution in [1.29, 1.82) is 0 Å². The normalized spacial score (nSPS) is 21.9. The summed E-state index contributed by atoms with van der Waals surface area (Å²) in [6.07, 6.45) is 1.43. The standard InChI is InChI=1S/C18H25ClF2N4O4/c19-15-14(10-22-25(16(15)27)7-1-9-26)24-8-4-13(11-24)29-17(28)23-12-2-5-18(20,21)6-3-12/h10,12-13,26H,1-9,11H2,(H,23,28)/t13-/m1/s1. The third-order valence-corrected chi connectivity index (χ3v) is 5.65. The molecule has 0 aromatic carbocycles. The van der Waals surface area contributed by atoms with Crippen molar-refractivity contribution in [3.05, 3.63) is 21.6 Å². The number of nitrogens with zero attached hydrogens (tertiary/aromatic N) is 3. The lowest BCUT2D eigenvalue weighted by atomic mass is 9.92.